The third-order valence-corrected chi connectivity index (χ3v) is 4.05. The summed E-state index contributed by atoms with van der Waals surface area (Å²) in [5.41, 5.74) is 0.793. The predicted octanol–water partition coefficient (Wildman–Crippen LogP) is 4.24. The fraction of sp³-hybridized carbons (Fsp3) is 0.611. The Hall–Kier alpha value is -1.75. The Balaban J connectivity index is 2.80. The Morgan fingerprint density at radius 1 is 1.13 bits per heavy atom. The first kappa shape index (κ1) is 19.3. The van der Waals surface area contributed by atoms with Crippen LogP contribution in [0.2, 0.25) is 0 Å². The summed E-state index contributed by atoms with van der Waals surface area (Å²) in [4.78, 5) is 11.9. The minimum absolute atomic E-state index is 0.134. The number of nitrogens with one attached hydrogen (secondary N) is 2. The van der Waals surface area contributed by atoms with Gasteiger partial charge in [-0.25, -0.2) is 4.79 Å². The largest absolute Gasteiger partial charge is 0.444 e. The van der Waals surface area contributed by atoms with Gasteiger partial charge in [0.15, 0.2) is 0 Å². The summed E-state index contributed by atoms with van der Waals surface area (Å²) >= 11 is 0. The summed E-state index contributed by atoms with van der Waals surface area (Å²) < 4.78 is 5.29. The van der Waals surface area contributed by atoms with Crippen LogP contribution >= 0.6 is 0 Å². The summed E-state index contributed by atoms with van der Waals surface area (Å²) in [7, 11) is 0. The molecule has 0 aliphatic heterocycles. The van der Waals surface area contributed by atoms with Crippen molar-refractivity contribution in [3.05, 3.63) is 24.3 Å². The van der Waals surface area contributed by atoms with Crippen LogP contribution in [0, 0.1) is 5.41 Å². The topological polar surface area (TPSA) is 70.6 Å². The van der Waals surface area contributed by atoms with E-state index in [2.05, 4.69) is 24.5 Å². The number of aliphatic hydroxyl groups is 1. The molecule has 0 saturated carbocycles. The van der Waals surface area contributed by atoms with E-state index >= 15 is 0 Å². The molecule has 1 rings (SSSR count). The zero-order valence-electron chi connectivity index (χ0n) is 14.9. The van der Waals surface area contributed by atoms with E-state index in [0.29, 0.717) is 12.2 Å². The summed E-state index contributed by atoms with van der Waals surface area (Å²) in [6.45, 7) is 10.4. The Kier molecular flexibility index (Phi) is 6.88. The second kappa shape index (κ2) is 8.20. The third-order valence-electron chi connectivity index (χ3n) is 4.05. The highest BCUT2D eigenvalue weighted by atomic mass is 16.6. The highest BCUT2D eigenvalue weighted by Gasteiger charge is 2.25. The number of amides is 1. The van der Waals surface area contributed by atoms with Gasteiger partial charge in [-0.15, -0.1) is 0 Å². The molecule has 0 aromatic heterocycles. The van der Waals surface area contributed by atoms with Crippen LogP contribution < -0.4 is 10.6 Å². The zero-order chi connectivity index (χ0) is 17.5. The minimum atomic E-state index is -0.539. The summed E-state index contributed by atoms with van der Waals surface area (Å²) in [5.74, 6) is 0. The van der Waals surface area contributed by atoms with E-state index in [1.807, 2.05) is 45.0 Å². The van der Waals surface area contributed by atoms with Crippen LogP contribution in [0.15, 0.2) is 24.3 Å². The molecular weight excluding hydrogens is 292 g/mol. The number of hydrogen-bond donors (Lipinski definition) is 3. The van der Waals surface area contributed by atoms with Gasteiger partial charge in [-0.05, 0) is 45.7 Å². The quantitative estimate of drug-likeness (QED) is 0.702. The smallest absolute Gasteiger partial charge is 0.412 e. The second-order valence-electron chi connectivity index (χ2n) is 6.89. The van der Waals surface area contributed by atoms with Crippen LogP contribution in [-0.4, -0.2) is 30.0 Å². The average Bonchev–Trinajstić information content (AvgIpc) is 2.49. The van der Waals surface area contributed by atoms with E-state index in [-0.39, 0.29) is 12.0 Å². The maximum atomic E-state index is 11.9. The highest BCUT2D eigenvalue weighted by molar-refractivity contribution is 5.89. The molecule has 0 heterocycles. The van der Waals surface area contributed by atoms with E-state index in [1.54, 1.807) is 0 Å². The Morgan fingerprint density at radius 3 is 2.17 bits per heavy atom. The van der Waals surface area contributed by atoms with Gasteiger partial charge in [0.25, 0.3) is 0 Å². The summed E-state index contributed by atoms with van der Waals surface area (Å²) in [6.07, 6.45) is 1.29. The zero-order valence-corrected chi connectivity index (χ0v) is 14.9. The molecule has 0 aliphatic rings. The Bertz CT molecular complexity index is 497. The van der Waals surface area contributed by atoms with Gasteiger partial charge in [-0.3, -0.25) is 5.32 Å². The summed E-state index contributed by atoms with van der Waals surface area (Å²) in [5, 5.41) is 15.8. The fourth-order valence-corrected chi connectivity index (χ4v) is 2.22. The van der Waals surface area contributed by atoms with Crippen molar-refractivity contribution in [1.82, 2.24) is 0 Å². The molecule has 0 bridgehead atoms. The monoisotopic (exact) mass is 322 g/mol. The van der Waals surface area contributed by atoms with Crippen LogP contribution in [0.25, 0.3) is 0 Å². The number of carbonyl (C=O) groups is 1. The number of aliphatic hydroxyl groups excluding tert-OH is 1. The lowest BCUT2D eigenvalue weighted by molar-refractivity contribution is 0.0636. The van der Waals surface area contributed by atoms with Crippen molar-refractivity contribution in [1.29, 1.82) is 0 Å². The van der Waals surface area contributed by atoms with Crippen molar-refractivity contribution in [2.24, 2.45) is 5.41 Å². The van der Waals surface area contributed by atoms with Gasteiger partial charge < -0.3 is 15.2 Å². The number of anilines is 2. The second-order valence-corrected chi connectivity index (χ2v) is 6.89. The molecule has 3 N–H and O–H groups in total. The van der Waals surface area contributed by atoms with E-state index in [1.165, 1.54) is 0 Å². The molecule has 0 radical (unpaired) electrons. The highest BCUT2D eigenvalue weighted by Crippen LogP contribution is 2.28. The number of ether oxygens (including phenoxy) is 1. The van der Waals surface area contributed by atoms with Gasteiger partial charge in [0.2, 0.25) is 0 Å². The van der Waals surface area contributed by atoms with Crippen molar-refractivity contribution in [3.8, 4) is 0 Å². The van der Waals surface area contributed by atoms with Gasteiger partial charge in [0.05, 0.1) is 18.0 Å². The first-order chi connectivity index (χ1) is 10.7. The van der Waals surface area contributed by atoms with Crippen LogP contribution in [-0.2, 0) is 4.74 Å². The molecule has 0 unspecified atom stereocenters. The van der Waals surface area contributed by atoms with Crippen LogP contribution in [0.1, 0.15) is 47.5 Å². The van der Waals surface area contributed by atoms with E-state index < -0.39 is 11.7 Å². The molecule has 0 atom stereocenters. The Labute approximate surface area is 139 Å². The molecule has 5 heteroatoms. The number of para-hydroxylation sites is 2. The fourth-order valence-electron chi connectivity index (χ4n) is 2.22. The molecule has 0 spiro atoms. The molecule has 0 aliphatic carbocycles. The molecule has 1 aromatic carbocycles. The molecule has 1 amide bonds. The SMILES string of the molecule is CCC(CC)(CO)CNc1ccccc1NC(=O)OC(C)(C)C. The van der Waals surface area contributed by atoms with Crippen molar-refractivity contribution in [3.63, 3.8) is 0 Å². The van der Waals surface area contributed by atoms with Crippen LogP contribution in [0.4, 0.5) is 16.2 Å². The number of carbonyl (C=O) groups excluding carboxylic acids is 1. The standard InChI is InChI=1S/C18H30N2O3/c1-6-18(7-2,13-21)12-19-14-10-8-9-11-15(14)20-16(22)23-17(3,4)5/h8-11,19,21H,6-7,12-13H2,1-5H3,(H,20,22). The molecular formula is C18H30N2O3. The van der Waals surface area contributed by atoms with Gasteiger partial charge in [0.1, 0.15) is 5.60 Å². The lowest BCUT2D eigenvalue weighted by Gasteiger charge is -2.30. The number of benzene rings is 1. The van der Waals surface area contributed by atoms with Gasteiger partial charge in [-0.2, -0.15) is 0 Å². The molecule has 0 fully saturated rings. The summed E-state index contributed by atoms with van der Waals surface area (Å²) in [6, 6.07) is 7.49. The van der Waals surface area contributed by atoms with Gasteiger partial charge in [-0.1, -0.05) is 26.0 Å². The molecule has 130 valence electrons. The minimum Gasteiger partial charge on any atom is -0.444 e. The lowest BCUT2D eigenvalue weighted by Crippen LogP contribution is -2.32. The van der Waals surface area contributed by atoms with E-state index in [4.69, 9.17) is 4.74 Å². The maximum absolute atomic E-state index is 11.9. The van der Waals surface area contributed by atoms with Gasteiger partial charge in [0, 0.05) is 12.0 Å². The lowest BCUT2D eigenvalue weighted by atomic mass is 9.83. The third kappa shape index (κ3) is 6.10. The van der Waals surface area contributed by atoms with Crippen molar-refractivity contribution >= 4 is 17.5 Å². The van der Waals surface area contributed by atoms with Crippen molar-refractivity contribution < 1.29 is 14.6 Å². The first-order valence-electron chi connectivity index (χ1n) is 8.19. The average molecular weight is 322 g/mol. The van der Waals surface area contributed by atoms with Crippen molar-refractivity contribution in [2.45, 2.75) is 53.1 Å². The van der Waals surface area contributed by atoms with E-state index in [0.717, 1.165) is 18.5 Å². The predicted molar refractivity (Wildman–Crippen MR) is 94.9 cm³/mol. The van der Waals surface area contributed by atoms with E-state index in [9.17, 15) is 9.90 Å². The number of rotatable bonds is 7. The molecule has 0 saturated heterocycles. The molecule has 5 nitrogen and oxygen atoms in total. The van der Waals surface area contributed by atoms with Crippen molar-refractivity contribution in [2.75, 3.05) is 23.8 Å². The maximum Gasteiger partial charge on any atom is 0.412 e. The molecule has 1 aromatic rings. The molecule has 23 heavy (non-hydrogen) atoms. The van der Waals surface area contributed by atoms with Gasteiger partial charge >= 0.3 is 6.09 Å². The first-order valence-corrected chi connectivity index (χ1v) is 8.19. The van der Waals surface area contributed by atoms with Crippen LogP contribution in [0.3, 0.4) is 0 Å². The van der Waals surface area contributed by atoms with Crippen LogP contribution in [0.5, 0.6) is 0 Å². The normalized spacial score (nSPS) is 11.9. The Morgan fingerprint density at radius 2 is 1.70 bits per heavy atom. The number of hydrogen-bond acceptors (Lipinski definition) is 4.